The van der Waals surface area contributed by atoms with Gasteiger partial charge in [0, 0.05) is 24.5 Å². The molecule has 22 heavy (non-hydrogen) atoms. The van der Waals surface area contributed by atoms with Crippen molar-refractivity contribution in [1.29, 1.82) is 0 Å². The van der Waals surface area contributed by atoms with E-state index in [1.165, 1.54) is 6.33 Å². The average molecular weight is 296 g/mol. The van der Waals surface area contributed by atoms with Crippen LogP contribution >= 0.6 is 0 Å². The average Bonchev–Trinajstić information content (AvgIpc) is 3.20. The lowest BCUT2D eigenvalue weighted by Gasteiger charge is -2.07. The van der Waals surface area contributed by atoms with E-state index in [-0.39, 0.29) is 5.91 Å². The predicted molar refractivity (Wildman–Crippen MR) is 81.0 cm³/mol. The summed E-state index contributed by atoms with van der Waals surface area (Å²) in [6.07, 6.45) is 7.08. The third kappa shape index (κ3) is 3.78. The Morgan fingerprint density at radius 1 is 1.14 bits per heavy atom. The summed E-state index contributed by atoms with van der Waals surface area (Å²) in [5, 5.41) is 11.0. The molecule has 2 heterocycles. The maximum absolute atomic E-state index is 11.9. The van der Waals surface area contributed by atoms with Crippen molar-refractivity contribution in [2.75, 3.05) is 5.32 Å². The van der Waals surface area contributed by atoms with E-state index in [9.17, 15) is 4.79 Å². The minimum Gasteiger partial charge on any atom is -0.326 e. The van der Waals surface area contributed by atoms with E-state index in [1.807, 2.05) is 41.2 Å². The summed E-state index contributed by atoms with van der Waals surface area (Å²) < 4.78 is 3.48. The van der Waals surface area contributed by atoms with Crippen LogP contribution in [0.1, 0.15) is 12.0 Å². The molecular weight excluding hydrogens is 280 g/mol. The second-order valence-electron chi connectivity index (χ2n) is 4.86. The fourth-order valence-electron chi connectivity index (χ4n) is 2.06. The van der Waals surface area contributed by atoms with Crippen LogP contribution in [0.2, 0.25) is 0 Å². The molecule has 1 N–H and O–H groups in total. The molecule has 1 aromatic carbocycles. The van der Waals surface area contributed by atoms with E-state index in [0.29, 0.717) is 19.5 Å². The number of aryl methyl sites for hydroxylation is 1. The molecule has 7 nitrogen and oxygen atoms in total. The van der Waals surface area contributed by atoms with Crippen LogP contribution in [0.3, 0.4) is 0 Å². The fraction of sp³-hybridized carbons (Fsp3) is 0.200. The minimum absolute atomic E-state index is 0.0460. The number of carbonyl (C=O) groups excluding carboxylic acids is 1. The molecule has 0 spiro atoms. The zero-order valence-electron chi connectivity index (χ0n) is 12.0. The molecule has 0 saturated carbocycles. The SMILES string of the molecule is O=C(CCn1cncn1)Nc1ccc(Cn2cccn2)cc1. The van der Waals surface area contributed by atoms with Crippen molar-refractivity contribution in [1.82, 2.24) is 24.5 Å². The smallest absolute Gasteiger partial charge is 0.226 e. The number of hydrogen-bond acceptors (Lipinski definition) is 4. The number of amides is 1. The molecule has 0 radical (unpaired) electrons. The Bertz CT molecular complexity index is 703. The van der Waals surface area contributed by atoms with Gasteiger partial charge in [0.15, 0.2) is 0 Å². The minimum atomic E-state index is -0.0460. The first kappa shape index (κ1) is 14.0. The molecule has 0 aliphatic rings. The molecule has 1 amide bonds. The highest BCUT2D eigenvalue weighted by Gasteiger charge is 2.03. The van der Waals surface area contributed by atoms with E-state index in [2.05, 4.69) is 20.5 Å². The molecule has 112 valence electrons. The van der Waals surface area contributed by atoms with Crippen molar-refractivity contribution < 1.29 is 4.79 Å². The van der Waals surface area contributed by atoms with E-state index in [4.69, 9.17) is 0 Å². The Morgan fingerprint density at radius 2 is 2.00 bits per heavy atom. The third-order valence-electron chi connectivity index (χ3n) is 3.18. The maximum atomic E-state index is 11.9. The van der Waals surface area contributed by atoms with Crippen LogP contribution < -0.4 is 5.32 Å². The summed E-state index contributed by atoms with van der Waals surface area (Å²) in [7, 11) is 0. The Labute approximate surface area is 127 Å². The Balaban J connectivity index is 1.51. The monoisotopic (exact) mass is 296 g/mol. The summed E-state index contributed by atoms with van der Waals surface area (Å²) >= 11 is 0. The molecule has 3 aromatic rings. The highest BCUT2D eigenvalue weighted by molar-refractivity contribution is 5.90. The van der Waals surface area contributed by atoms with Crippen LogP contribution in [-0.4, -0.2) is 30.5 Å². The molecule has 3 rings (SSSR count). The van der Waals surface area contributed by atoms with Crippen LogP contribution in [0.4, 0.5) is 5.69 Å². The molecule has 0 fully saturated rings. The van der Waals surface area contributed by atoms with Gasteiger partial charge in [-0.15, -0.1) is 0 Å². The topological polar surface area (TPSA) is 77.6 Å². The first-order valence-corrected chi connectivity index (χ1v) is 6.98. The summed E-state index contributed by atoms with van der Waals surface area (Å²) in [6, 6.07) is 9.64. The van der Waals surface area contributed by atoms with Crippen LogP contribution in [-0.2, 0) is 17.9 Å². The van der Waals surface area contributed by atoms with E-state index in [1.54, 1.807) is 17.2 Å². The van der Waals surface area contributed by atoms with Crippen molar-refractivity contribution in [3.05, 3.63) is 60.9 Å². The van der Waals surface area contributed by atoms with Gasteiger partial charge in [-0.3, -0.25) is 14.2 Å². The molecule has 2 aromatic heterocycles. The molecule has 7 heteroatoms. The van der Waals surface area contributed by atoms with E-state index >= 15 is 0 Å². The van der Waals surface area contributed by atoms with Gasteiger partial charge in [0.05, 0.1) is 13.1 Å². The summed E-state index contributed by atoms with van der Waals surface area (Å²) in [5.41, 5.74) is 1.91. The second-order valence-corrected chi connectivity index (χ2v) is 4.86. The lowest BCUT2D eigenvalue weighted by Crippen LogP contribution is -2.14. The number of benzene rings is 1. The zero-order valence-corrected chi connectivity index (χ0v) is 12.0. The summed E-state index contributed by atoms with van der Waals surface area (Å²) in [6.45, 7) is 1.23. The number of rotatable bonds is 6. The molecule has 0 bridgehead atoms. The zero-order chi connectivity index (χ0) is 15.2. The standard InChI is InChI=1S/C15H16N6O/c22-15(6-9-21-12-16-11-18-21)19-14-4-2-13(3-5-14)10-20-8-1-7-17-20/h1-5,7-8,11-12H,6,9-10H2,(H,19,22). The van der Waals surface area contributed by atoms with Gasteiger partial charge in [-0.2, -0.15) is 10.2 Å². The molecule has 0 aliphatic carbocycles. The van der Waals surface area contributed by atoms with Crippen LogP contribution in [0.25, 0.3) is 0 Å². The van der Waals surface area contributed by atoms with Crippen molar-refractivity contribution in [3.8, 4) is 0 Å². The van der Waals surface area contributed by atoms with Crippen molar-refractivity contribution >= 4 is 11.6 Å². The lowest BCUT2D eigenvalue weighted by atomic mass is 10.2. The molecular formula is C15H16N6O. The number of anilines is 1. The van der Waals surface area contributed by atoms with Gasteiger partial charge in [-0.05, 0) is 23.8 Å². The highest BCUT2D eigenvalue weighted by atomic mass is 16.1. The van der Waals surface area contributed by atoms with Gasteiger partial charge >= 0.3 is 0 Å². The number of hydrogen-bond donors (Lipinski definition) is 1. The Kier molecular flexibility index (Phi) is 4.24. The number of carbonyl (C=O) groups is 1. The van der Waals surface area contributed by atoms with E-state index in [0.717, 1.165) is 11.3 Å². The normalized spacial score (nSPS) is 10.5. The van der Waals surface area contributed by atoms with Crippen LogP contribution in [0.15, 0.2) is 55.4 Å². The molecule has 0 atom stereocenters. The Hall–Kier alpha value is -2.96. The van der Waals surface area contributed by atoms with Crippen LogP contribution in [0, 0.1) is 0 Å². The van der Waals surface area contributed by atoms with Gasteiger partial charge in [-0.25, -0.2) is 4.98 Å². The van der Waals surface area contributed by atoms with Gasteiger partial charge in [0.25, 0.3) is 0 Å². The fourth-order valence-corrected chi connectivity index (χ4v) is 2.06. The van der Waals surface area contributed by atoms with Gasteiger partial charge < -0.3 is 5.32 Å². The molecule has 0 saturated heterocycles. The van der Waals surface area contributed by atoms with Crippen LogP contribution in [0.5, 0.6) is 0 Å². The molecule has 0 unspecified atom stereocenters. The van der Waals surface area contributed by atoms with Gasteiger partial charge in [-0.1, -0.05) is 12.1 Å². The van der Waals surface area contributed by atoms with Crippen molar-refractivity contribution in [2.45, 2.75) is 19.5 Å². The highest BCUT2D eigenvalue weighted by Crippen LogP contribution is 2.11. The Morgan fingerprint density at radius 3 is 2.68 bits per heavy atom. The predicted octanol–water partition coefficient (Wildman–Crippen LogP) is 1.55. The van der Waals surface area contributed by atoms with Crippen molar-refractivity contribution in [2.24, 2.45) is 0 Å². The largest absolute Gasteiger partial charge is 0.326 e. The molecule has 0 aliphatic heterocycles. The van der Waals surface area contributed by atoms with Gasteiger partial charge in [0.1, 0.15) is 12.7 Å². The first-order chi connectivity index (χ1) is 10.8. The maximum Gasteiger partial charge on any atom is 0.226 e. The summed E-state index contributed by atoms with van der Waals surface area (Å²) in [4.78, 5) is 15.7. The number of aromatic nitrogens is 5. The first-order valence-electron chi connectivity index (χ1n) is 6.98. The lowest BCUT2D eigenvalue weighted by molar-refractivity contribution is -0.116. The third-order valence-corrected chi connectivity index (χ3v) is 3.18. The van der Waals surface area contributed by atoms with Gasteiger partial charge in [0.2, 0.25) is 5.91 Å². The number of nitrogens with one attached hydrogen (secondary N) is 1. The second kappa shape index (κ2) is 6.66. The summed E-state index contributed by atoms with van der Waals surface area (Å²) in [5.74, 6) is -0.0460. The number of nitrogens with zero attached hydrogens (tertiary/aromatic N) is 5. The van der Waals surface area contributed by atoms with E-state index < -0.39 is 0 Å². The quantitative estimate of drug-likeness (QED) is 0.748. The van der Waals surface area contributed by atoms with Crippen molar-refractivity contribution in [3.63, 3.8) is 0 Å².